The van der Waals surface area contributed by atoms with Crippen molar-refractivity contribution in [3.05, 3.63) is 12.2 Å². The summed E-state index contributed by atoms with van der Waals surface area (Å²) in [5.41, 5.74) is 5.23. The lowest BCUT2D eigenvalue weighted by Crippen LogP contribution is -1.97. The SMILES string of the molecule is Nc1nc(F)nc2nc(F)[nH]c12.O=P(O)(O)O.O=P(O)(O)O. The minimum Gasteiger partial charge on any atom is -0.382 e. The van der Waals surface area contributed by atoms with Crippen LogP contribution in [0.2, 0.25) is 0 Å². The van der Waals surface area contributed by atoms with Crippen LogP contribution < -0.4 is 5.73 Å². The number of nitrogens with two attached hydrogens (primary N) is 1. The molecule has 2 aromatic heterocycles. The molecule has 9 N–H and O–H groups in total. The minimum absolute atomic E-state index is 0.105. The van der Waals surface area contributed by atoms with Gasteiger partial charge in [0.25, 0.3) is 6.08 Å². The summed E-state index contributed by atoms with van der Waals surface area (Å²) in [7, 11) is -9.28. The summed E-state index contributed by atoms with van der Waals surface area (Å²) < 4.78 is 42.6. The number of phosphoric acid groups is 2. The average Bonchev–Trinajstić information content (AvgIpc) is 2.53. The van der Waals surface area contributed by atoms with Crippen molar-refractivity contribution in [1.82, 2.24) is 19.9 Å². The standard InChI is InChI=1S/C5H3F2N5.2H3O4P/c6-4-9-1-2(8)10-5(7)12-3(1)11-4;2*1-5(2,3)4/h(H3,8,9,10,11,12);2*(H3,1,2,3,4). The van der Waals surface area contributed by atoms with E-state index in [0.29, 0.717) is 0 Å². The van der Waals surface area contributed by atoms with E-state index < -0.39 is 27.8 Å². The second kappa shape index (κ2) is 7.62. The minimum atomic E-state index is -4.64. The van der Waals surface area contributed by atoms with Crippen molar-refractivity contribution in [2.24, 2.45) is 0 Å². The zero-order valence-corrected chi connectivity index (χ0v) is 11.9. The molecule has 17 heteroatoms. The van der Waals surface area contributed by atoms with E-state index >= 15 is 0 Å². The highest BCUT2D eigenvalue weighted by molar-refractivity contribution is 7.45. The Morgan fingerprint density at radius 1 is 0.909 bits per heavy atom. The van der Waals surface area contributed by atoms with E-state index in [2.05, 4.69) is 19.9 Å². The highest BCUT2D eigenvalue weighted by Crippen LogP contribution is 2.26. The largest absolute Gasteiger partial charge is 0.466 e. The number of anilines is 1. The Labute approximate surface area is 119 Å². The number of imidazole rings is 1. The molecule has 0 spiro atoms. The van der Waals surface area contributed by atoms with Gasteiger partial charge in [0.2, 0.25) is 0 Å². The van der Waals surface area contributed by atoms with Gasteiger partial charge in [-0.25, -0.2) is 9.13 Å². The molecule has 0 saturated heterocycles. The van der Waals surface area contributed by atoms with Crippen LogP contribution >= 0.6 is 15.6 Å². The van der Waals surface area contributed by atoms with Crippen LogP contribution in [-0.4, -0.2) is 49.3 Å². The molecule has 0 atom stereocenters. The lowest BCUT2D eigenvalue weighted by atomic mass is 10.5. The molecule has 0 amide bonds. The number of aromatic amines is 1. The fourth-order valence-corrected chi connectivity index (χ4v) is 0.863. The van der Waals surface area contributed by atoms with Gasteiger partial charge in [0.15, 0.2) is 11.5 Å². The molecule has 2 heterocycles. The summed E-state index contributed by atoms with van der Waals surface area (Å²) in [6.07, 6.45) is -1.89. The predicted octanol–water partition coefficient (Wildman–Crippen LogP) is -1.64. The highest BCUT2D eigenvalue weighted by atomic mass is 31.2. The molecule has 0 radical (unpaired) electrons. The monoisotopic (exact) mass is 367 g/mol. The number of nitrogen functional groups attached to an aromatic ring is 1. The van der Waals surface area contributed by atoms with E-state index in [0.717, 1.165) is 0 Å². The maximum absolute atomic E-state index is 12.4. The van der Waals surface area contributed by atoms with E-state index in [1.807, 2.05) is 0 Å². The molecule has 0 aliphatic heterocycles. The summed E-state index contributed by atoms with van der Waals surface area (Å²) in [5.74, 6) is -0.158. The van der Waals surface area contributed by atoms with Gasteiger partial charge in [0, 0.05) is 0 Å². The lowest BCUT2D eigenvalue weighted by Gasteiger charge is -1.91. The first-order valence-electron chi connectivity index (χ1n) is 4.57. The van der Waals surface area contributed by atoms with Crippen LogP contribution in [0.5, 0.6) is 0 Å². The molecule has 0 aliphatic rings. The summed E-state index contributed by atoms with van der Waals surface area (Å²) in [4.78, 5) is 54.9. The molecule has 0 saturated carbocycles. The Kier molecular flexibility index (Phi) is 7.08. The number of nitrogens with one attached hydrogen (secondary N) is 1. The number of H-pyrrole nitrogens is 1. The van der Waals surface area contributed by atoms with Gasteiger partial charge >= 0.3 is 21.7 Å². The van der Waals surface area contributed by atoms with Gasteiger partial charge in [-0.2, -0.15) is 23.7 Å². The number of hydrogen-bond acceptors (Lipinski definition) is 6. The number of aromatic nitrogens is 4. The Bertz CT molecular complexity index is 691. The smallest absolute Gasteiger partial charge is 0.382 e. The van der Waals surface area contributed by atoms with E-state index in [9.17, 15) is 8.78 Å². The molecular formula is C5H9F2N5O8P2. The summed E-state index contributed by atoms with van der Waals surface area (Å²) in [6.45, 7) is 0. The van der Waals surface area contributed by atoms with Gasteiger partial charge in [0.1, 0.15) is 5.52 Å². The van der Waals surface area contributed by atoms with Crippen LogP contribution in [0.3, 0.4) is 0 Å². The molecule has 13 nitrogen and oxygen atoms in total. The van der Waals surface area contributed by atoms with E-state index in [1.54, 1.807) is 0 Å². The molecule has 0 fully saturated rings. The van der Waals surface area contributed by atoms with Gasteiger partial charge in [-0.1, -0.05) is 0 Å². The zero-order valence-electron chi connectivity index (χ0n) is 10.1. The van der Waals surface area contributed by atoms with E-state index in [-0.39, 0.29) is 17.0 Å². The lowest BCUT2D eigenvalue weighted by molar-refractivity contribution is 0.272. The fraction of sp³-hybridized carbons (Fsp3) is 0. The first-order valence-corrected chi connectivity index (χ1v) is 7.70. The highest BCUT2D eigenvalue weighted by Gasteiger charge is 2.09. The van der Waals surface area contributed by atoms with Crippen LogP contribution in [0.15, 0.2) is 0 Å². The summed E-state index contributed by atoms with van der Waals surface area (Å²) in [5, 5.41) is 0. The molecule has 0 aromatic carbocycles. The fourth-order valence-electron chi connectivity index (χ4n) is 0.863. The molecule has 2 aromatic rings. The molecule has 126 valence electrons. The number of fused-ring (bicyclic) bond motifs is 1. The topological polar surface area (TPSA) is 236 Å². The molecular weight excluding hydrogens is 358 g/mol. The summed E-state index contributed by atoms with van der Waals surface area (Å²) in [6, 6.07) is 0. The van der Waals surface area contributed by atoms with Gasteiger partial charge in [-0.3, -0.25) is 0 Å². The summed E-state index contributed by atoms with van der Waals surface area (Å²) >= 11 is 0. The quantitative estimate of drug-likeness (QED) is 0.149. The Hall–Kier alpha value is -1.57. The third kappa shape index (κ3) is 11.1. The molecule has 0 unspecified atom stereocenters. The van der Waals surface area contributed by atoms with Crippen molar-refractivity contribution in [3.63, 3.8) is 0 Å². The van der Waals surface area contributed by atoms with E-state index in [4.69, 9.17) is 44.2 Å². The van der Waals surface area contributed by atoms with Crippen LogP contribution in [0.25, 0.3) is 11.2 Å². The molecule has 0 aliphatic carbocycles. The maximum Gasteiger partial charge on any atom is 0.466 e. The average molecular weight is 367 g/mol. The molecule has 22 heavy (non-hydrogen) atoms. The van der Waals surface area contributed by atoms with Crippen molar-refractivity contribution < 1.29 is 47.3 Å². The van der Waals surface area contributed by atoms with Crippen molar-refractivity contribution in [1.29, 1.82) is 0 Å². The van der Waals surface area contributed by atoms with Gasteiger partial charge in [-0.05, 0) is 0 Å². The van der Waals surface area contributed by atoms with Crippen molar-refractivity contribution in [3.8, 4) is 0 Å². The third-order valence-corrected chi connectivity index (χ3v) is 1.32. The van der Waals surface area contributed by atoms with Gasteiger partial charge in [0.05, 0.1) is 0 Å². The Morgan fingerprint density at radius 3 is 1.73 bits per heavy atom. The Morgan fingerprint density at radius 2 is 1.32 bits per heavy atom. The van der Waals surface area contributed by atoms with Gasteiger partial charge in [-0.15, -0.1) is 0 Å². The van der Waals surface area contributed by atoms with Crippen molar-refractivity contribution >= 4 is 32.6 Å². The van der Waals surface area contributed by atoms with Crippen LogP contribution in [0.4, 0.5) is 14.6 Å². The first-order chi connectivity index (χ1) is 9.66. The third-order valence-electron chi connectivity index (χ3n) is 1.32. The van der Waals surface area contributed by atoms with Crippen molar-refractivity contribution in [2.45, 2.75) is 0 Å². The first kappa shape index (κ1) is 20.4. The maximum atomic E-state index is 12.4. The second-order valence-corrected chi connectivity index (χ2v) is 5.18. The van der Waals surface area contributed by atoms with Gasteiger partial charge < -0.3 is 40.1 Å². The number of nitrogens with zero attached hydrogens (tertiary/aromatic N) is 3. The number of halogens is 2. The number of hydrogen-bond donors (Lipinski definition) is 8. The zero-order chi connectivity index (χ0) is 17.7. The predicted molar refractivity (Wildman–Crippen MR) is 64.5 cm³/mol. The number of rotatable bonds is 0. The van der Waals surface area contributed by atoms with Crippen LogP contribution in [0, 0.1) is 12.2 Å². The van der Waals surface area contributed by atoms with Crippen LogP contribution in [-0.2, 0) is 9.13 Å². The molecule has 0 bridgehead atoms. The van der Waals surface area contributed by atoms with Crippen molar-refractivity contribution in [2.75, 3.05) is 5.73 Å². The normalized spacial score (nSPS) is 11.3. The van der Waals surface area contributed by atoms with E-state index in [1.165, 1.54) is 0 Å². The van der Waals surface area contributed by atoms with Crippen LogP contribution in [0.1, 0.15) is 0 Å². The Balaban J connectivity index is 0.000000372. The molecule has 2 rings (SSSR count). The second-order valence-electron chi connectivity index (χ2n) is 3.13.